The SMILES string of the molecule is CCn1cc(Oc2cc(Br)ccc2CCl)cn1. The van der Waals surface area contributed by atoms with Gasteiger partial charge in [0.25, 0.3) is 0 Å². The van der Waals surface area contributed by atoms with Gasteiger partial charge in [-0.25, -0.2) is 0 Å². The van der Waals surface area contributed by atoms with E-state index in [-0.39, 0.29) is 0 Å². The minimum absolute atomic E-state index is 0.421. The Labute approximate surface area is 113 Å². The number of nitrogens with zero attached hydrogens (tertiary/aromatic N) is 2. The van der Waals surface area contributed by atoms with E-state index in [0.29, 0.717) is 5.88 Å². The first-order chi connectivity index (χ1) is 8.22. The predicted octanol–water partition coefficient (Wildman–Crippen LogP) is 4.20. The third-order valence-corrected chi connectivity index (χ3v) is 3.12. The molecule has 0 atom stereocenters. The molecule has 0 fully saturated rings. The van der Waals surface area contributed by atoms with Gasteiger partial charge < -0.3 is 4.74 Å². The zero-order valence-electron chi connectivity index (χ0n) is 9.36. The molecule has 1 aromatic heterocycles. The van der Waals surface area contributed by atoms with Crippen molar-refractivity contribution >= 4 is 27.5 Å². The van der Waals surface area contributed by atoms with Gasteiger partial charge in [-0.15, -0.1) is 11.6 Å². The summed E-state index contributed by atoms with van der Waals surface area (Å²) in [4.78, 5) is 0. The van der Waals surface area contributed by atoms with Crippen molar-refractivity contribution in [1.29, 1.82) is 0 Å². The van der Waals surface area contributed by atoms with E-state index in [1.165, 1.54) is 0 Å². The van der Waals surface area contributed by atoms with E-state index < -0.39 is 0 Å². The maximum atomic E-state index is 5.87. The van der Waals surface area contributed by atoms with Gasteiger partial charge in [0, 0.05) is 16.6 Å². The number of benzene rings is 1. The molecule has 1 heterocycles. The minimum atomic E-state index is 0.421. The van der Waals surface area contributed by atoms with Crippen LogP contribution in [0.5, 0.6) is 11.5 Å². The summed E-state index contributed by atoms with van der Waals surface area (Å²) < 4.78 is 8.54. The molecule has 0 amide bonds. The van der Waals surface area contributed by atoms with E-state index >= 15 is 0 Å². The lowest BCUT2D eigenvalue weighted by molar-refractivity contribution is 0.476. The zero-order chi connectivity index (χ0) is 12.3. The number of aromatic nitrogens is 2. The highest BCUT2D eigenvalue weighted by atomic mass is 79.9. The fraction of sp³-hybridized carbons (Fsp3) is 0.250. The Morgan fingerprint density at radius 1 is 1.47 bits per heavy atom. The summed E-state index contributed by atoms with van der Waals surface area (Å²) in [6, 6.07) is 5.79. The summed E-state index contributed by atoms with van der Waals surface area (Å²) in [5, 5.41) is 4.16. The second kappa shape index (κ2) is 5.56. The van der Waals surface area contributed by atoms with Gasteiger partial charge in [-0.3, -0.25) is 4.68 Å². The van der Waals surface area contributed by atoms with Crippen molar-refractivity contribution in [2.45, 2.75) is 19.3 Å². The van der Waals surface area contributed by atoms with Crippen LogP contribution in [-0.4, -0.2) is 9.78 Å². The van der Waals surface area contributed by atoms with Gasteiger partial charge in [-0.1, -0.05) is 22.0 Å². The number of halogens is 2. The van der Waals surface area contributed by atoms with Crippen molar-refractivity contribution in [1.82, 2.24) is 9.78 Å². The van der Waals surface area contributed by atoms with Crippen LogP contribution in [0.2, 0.25) is 0 Å². The molecule has 0 radical (unpaired) electrons. The second-order valence-corrected chi connectivity index (χ2v) is 4.70. The molecule has 0 aliphatic rings. The standard InChI is InChI=1S/C12H12BrClN2O/c1-2-16-8-11(7-15-16)17-12-5-10(13)4-3-9(12)6-14/h3-5,7-8H,2,6H2,1H3. The highest BCUT2D eigenvalue weighted by molar-refractivity contribution is 9.10. The molecular formula is C12H12BrClN2O. The van der Waals surface area contributed by atoms with Crippen LogP contribution in [0.4, 0.5) is 0 Å². The van der Waals surface area contributed by atoms with E-state index in [0.717, 1.165) is 28.1 Å². The van der Waals surface area contributed by atoms with E-state index in [4.69, 9.17) is 16.3 Å². The van der Waals surface area contributed by atoms with Crippen LogP contribution < -0.4 is 4.74 Å². The Balaban J connectivity index is 2.25. The molecule has 0 bridgehead atoms. The van der Waals surface area contributed by atoms with Gasteiger partial charge in [-0.05, 0) is 19.1 Å². The molecule has 0 unspecified atom stereocenters. The summed E-state index contributed by atoms with van der Waals surface area (Å²) in [6.07, 6.45) is 3.56. The first kappa shape index (κ1) is 12.5. The molecule has 0 saturated carbocycles. The summed E-state index contributed by atoms with van der Waals surface area (Å²) in [6.45, 7) is 2.85. The Hall–Kier alpha value is -1.00. The Bertz CT molecular complexity index is 513. The molecule has 0 saturated heterocycles. The van der Waals surface area contributed by atoms with Crippen molar-refractivity contribution in [2.75, 3.05) is 0 Å². The molecule has 90 valence electrons. The molecule has 3 nitrogen and oxygen atoms in total. The lowest BCUT2D eigenvalue weighted by Gasteiger charge is -2.07. The van der Waals surface area contributed by atoms with Gasteiger partial charge >= 0.3 is 0 Å². The lowest BCUT2D eigenvalue weighted by Crippen LogP contribution is -1.92. The van der Waals surface area contributed by atoms with Crippen molar-refractivity contribution < 1.29 is 4.74 Å². The number of hydrogen-bond donors (Lipinski definition) is 0. The number of aryl methyl sites for hydroxylation is 1. The second-order valence-electron chi connectivity index (χ2n) is 3.52. The minimum Gasteiger partial charge on any atom is -0.454 e. The maximum absolute atomic E-state index is 5.87. The van der Waals surface area contributed by atoms with Crippen LogP contribution in [0.15, 0.2) is 35.1 Å². The maximum Gasteiger partial charge on any atom is 0.165 e. The van der Waals surface area contributed by atoms with Crippen LogP contribution in [0, 0.1) is 0 Å². The highest BCUT2D eigenvalue weighted by Gasteiger charge is 2.06. The molecule has 1 aromatic carbocycles. The Morgan fingerprint density at radius 3 is 2.94 bits per heavy atom. The van der Waals surface area contributed by atoms with Crippen molar-refractivity contribution in [3.8, 4) is 11.5 Å². The third kappa shape index (κ3) is 3.01. The fourth-order valence-corrected chi connectivity index (χ4v) is 1.99. The predicted molar refractivity (Wildman–Crippen MR) is 71.7 cm³/mol. The highest BCUT2D eigenvalue weighted by Crippen LogP contribution is 2.29. The molecule has 0 spiro atoms. The van der Waals surface area contributed by atoms with Crippen molar-refractivity contribution in [3.05, 3.63) is 40.6 Å². The first-order valence-electron chi connectivity index (χ1n) is 5.27. The van der Waals surface area contributed by atoms with Crippen LogP contribution in [-0.2, 0) is 12.4 Å². The number of hydrogen-bond acceptors (Lipinski definition) is 2. The quantitative estimate of drug-likeness (QED) is 0.791. The number of alkyl halides is 1. The van der Waals surface area contributed by atoms with Crippen molar-refractivity contribution in [3.63, 3.8) is 0 Å². The number of rotatable bonds is 4. The fourth-order valence-electron chi connectivity index (χ4n) is 1.43. The van der Waals surface area contributed by atoms with Crippen LogP contribution in [0.25, 0.3) is 0 Å². The topological polar surface area (TPSA) is 27.1 Å². The Morgan fingerprint density at radius 2 is 2.29 bits per heavy atom. The third-order valence-electron chi connectivity index (χ3n) is 2.33. The van der Waals surface area contributed by atoms with E-state index in [9.17, 15) is 0 Å². The summed E-state index contributed by atoms with van der Waals surface area (Å²) in [7, 11) is 0. The largest absolute Gasteiger partial charge is 0.454 e. The normalized spacial score (nSPS) is 10.5. The molecule has 5 heteroatoms. The van der Waals surface area contributed by atoms with E-state index in [1.807, 2.05) is 36.0 Å². The van der Waals surface area contributed by atoms with Crippen LogP contribution in [0.3, 0.4) is 0 Å². The van der Waals surface area contributed by atoms with Gasteiger partial charge in [-0.2, -0.15) is 5.10 Å². The van der Waals surface area contributed by atoms with Gasteiger partial charge in [0.05, 0.1) is 18.3 Å². The molecular weight excluding hydrogens is 304 g/mol. The smallest absolute Gasteiger partial charge is 0.165 e. The van der Waals surface area contributed by atoms with Crippen LogP contribution in [0.1, 0.15) is 12.5 Å². The van der Waals surface area contributed by atoms with E-state index in [2.05, 4.69) is 21.0 Å². The van der Waals surface area contributed by atoms with E-state index in [1.54, 1.807) is 6.20 Å². The Kier molecular flexibility index (Phi) is 4.07. The number of ether oxygens (including phenoxy) is 1. The molecule has 0 aliphatic heterocycles. The monoisotopic (exact) mass is 314 g/mol. The van der Waals surface area contributed by atoms with Gasteiger partial charge in [0.1, 0.15) is 5.75 Å². The summed E-state index contributed by atoms with van der Waals surface area (Å²) >= 11 is 9.28. The van der Waals surface area contributed by atoms with Crippen LogP contribution >= 0.6 is 27.5 Å². The van der Waals surface area contributed by atoms with Gasteiger partial charge in [0.15, 0.2) is 5.75 Å². The summed E-state index contributed by atoms with van der Waals surface area (Å²) in [5.74, 6) is 1.89. The molecule has 2 aromatic rings. The zero-order valence-corrected chi connectivity index (χ0v) is 11.7. The molecule has 0 aliphatic carbocycles. The summed E-state index contributed by atoms with van der Waals surface area (Å²) in [5.41, 5.74) is 0.958. The van der Waals surface area contributed by atoms with Crippen molar-refractivity contribution in [2.24, 2.45) is 0 Å². The molecule has 17 heavy (non-hydrogen) atoms. The lowest BCUT2D eigenvalue weighted by atomic mass is 10.2. The first-order valence-corrected chi connectivity index (χ1v) is 6.60. The molecule has 0 N–H and O–H groups in total. The molecule has 2 rings (SSSR count). The average Bonchev–Trinajstić information content (AvgIpc) is 2.77. The average molecular weight is 316 g/mol. The van der Waals surface area contributed by atoms with Gasteiger partial charge in [0.2, 0.25) is 0 Å².